The summed E-state index contributed by atoms with van der Waals surface area (Å²) in [6, 6.07) is 11.6. The summed E-state index contributed by atoms with van der Waals surface area (Å²) in [6.45, 7) is 4.75. The van der Waals surface area contributed by atoms with Gasteiger partial charge >= 0.3 is 0 Å². The van der Waals surface area contributed by atoms with Crippen molar-refractivity contribution in [3.05, 3.63) is 52.7 Å². The van der Waals surface area contributed by atoms with Crippen molar-refractivity contribution in [2.75, 3.05) is 10.6 Å². The van der Waals surface area contributed by atoms with Crippen LogP contribution in [-0.4, -0.2) is 11.0 Å². The first kappa shape index (κ1) is 15.1. The summed E-state index contributed by atoms with van der Waals surface area (Å²) >= 11 is 6.29. The lowest BCUT2D eigenvalue weighted by molar-refractivity contribution is 0.672. The highest BCUT2D eigenvalue weighted by atomic mass is 35.5. The molecule has 0 radical (unpaired) electrons. The van der Waals surface area contributed by atoms with Crippen molar-refractivity contribution in [2.45, 2.75) is 26.4 Å². The van der Waals surface area contributed by atoms with E-state index in [-0.39, 0.29) is 6.04 Å². The molecule has 108 valence electrons. The van der Waals surface area contributed by atoms with Crippen LogP contribution in [0.4, 0.5) is 11.5 Å². The second-order valence-corrected chi connectivity index (χ2v) is 5.45. The Morgan fingerprint density at radius 1 is 1.38 bits per heavy atom. The normalized spacial score (nSPS) is 10.4. The Morgan fingerprint density at radius 2 is 2.14 bits per heavy atom. The van der Waals surface area contributed by atoms with E-state index in [4.69, 9.17) is 22.6 Å². The van der Waals surface area contributed by atoms with Crippen molar-refractivity contribution >= 4 is 23.1 Å². The first-order valence-electron chi connectivity index (χ1n) is 6.68. The highest BCUT2D eigenvalue weighted by Crippen LogP contribution is 2.29. The minimum absolute atomic E-state index is 0.186. The first-order chi connectivity index (χ1) is 10.0. The minimum atomic E-state index is 0.186. The number of aromatic nitrogens is 1. The van der Waals surface area contributed by atoms with Crippen molar-refractivity contribution in [3.63, 3.8) is 0 Å². The SMILES string of the molecule is CC(C)N(Cc1cccc(N)c1)c1nccc(C#N)c1Cl. The molecule has 2 N–H and O–H groups in total. The molecule has 1 heterocycles. The molecule has 0 fully saturated rings. The van der Waals surface area contributed by atoms with Crippen LogP contribution >= 0.6 is 11.6 Å². The van der Waals surface area contributed by atoms with Gasteiger partial charge in [-0.05, 0) is 37.6 Å². The molecule has 0 aliphatic heterocycles. The third-order valence-corrected chi connectivity index (χ3v) is 3.56. The summed E-state index contributed by atoms with van der Waals surface area (Å²) in [5.41, 5.74) is 8.05. The maximum absolute atomic E-state index is 9.09. The Bertz CT molecular complexity index is 676. The largest absolute Gasteiger partial charge is 0.399 e. The van der Waals surface area contributed by atoms with Gasteiger partial charge in [-0.2, -0.15) is 5.26 Å². The van der Waals surface area contributed by atoms with Crippen LogP contribution in [0.1, 0.15) is 25.0 Å². The molecule has 0 amide bonds. The molecule has 1 aromatic carbocycles. The van der Waals surface area contributed by atoms with E-state index >= 15 is 0 Å². The molecule has 0 saturated heterocycles. The van der Waals surface area contributed by atoms with Crippen LogP contribution in [-0.2, 0) is 6.54 Å². The van der Waals surface area contributed by atoms with E-state index in [2.05, 4.69) is 29.8 Å². The van der Waals surface area contributed by atoms with Gasteiger partial charge in [-0.3, -0.25) is 0 Å². The number of anilines is 2. The number of halogens is 1. The van der Waals surface area contributed by atoms with Gasteiger partial charge in [0.25, 0.3) is 0 Å². The van der Waals surface area contributed by atoms with Gasteiger partial charge < -0.3 is 10.6 Å². The van der Waals surface area contributed by atoms with Crippen molar-refractivity contribution in [2.24, 2.45) is 0 Å². The lowest BCUT2D eigenvalue weighted by Gasteiger charge is -2.29. The lowest BCUT2D eigenvalue weighted by Crippen LogP contribution is -2.31. The Morgan fingerprint density at radius 3 is 2.76 bits per heavy atom. The standard InChI is InChI=1S/C16H17ClN4/c1-11(2)21(10-12-4-3-5-14(19)8-12)16-15(17)13(9-18)6-7-20-16/h3-8,11H,10,19H2,1-2H3. The van der Waals surface area contributed by atoms with Gasteiger partial charge in [-0.1, -0.05) is 23.7 Å². The van der Waals surface area contributed by atoms with E-state index in [0.29, 0.717) is 22.9 Å². The molecule has 0 bridgehead atoms. The Labute approximate surface area is 129 Å². The fraction of sp³-hybridized carbons (Fsp3) is 0.250. The molecule has 0 unspecified atom stereocenters. The molecule has 4 nitrogen and oxygen atoms in total. The maximum Gasteiger partial charge on any atom is 0.149 e. The van der Waals surface area contributed by atoms with Crippen LogP contribution < -0.4 is 10.6 Å². The van der Waals surface area contributed by atoms with Gasteiger partial charge in [0.2, 0.25) is 0 Å². The molecule has 0 spiro atoms. The predicted molar refractivity (Wildman–Crippen MR) is 86.1 cm³/mol. The molecule has 0 aliphatic rings. The van der Waals surface area contributed by atoms with E-state index < -0.39 is 0 Å². The average Bonchev–Trinajstić information content (AvgIpc) is 2.45. The van der Waals surface area contributed by atoms with Crippen molar-refractivity contribution in [3.8, 4) is 6.07 Å². The fourth-order valence-electron chi connectivity index (χ4n) is 2.11. The van der Waals surface area contributed by atoms with Crippen molar-refractivity contribution in [1.82, 2.24) is 4.98 Å². The zero-order chi connectivity index (χ0) is 15.4. The van der Waals surface area contributed by atoms with E-state index in [1.54, 1.807) is 12.3 Å². The second kappa shape index (κ2) is 6.47. The number of rotatable bonds is 4. The number of pyridine rings is 1. The van der Waals surface area contributed by atoms with Crippen LogP contribution in [0.2, 0.25) is 5.02 Å². The molecule has 21 heavy (non-hydrogen) atoms. The van der Waals surface area contributed by atoms with Crippen molar-refractivity contribution < 1.29 is 0 Å². The van der Waals surface area contributed by atoms with E-state index in [0.717, 1.165) is 11.3 Å². The molecule has 0 saturated carbocycles. The van der Waals surface area contributed by atoms with Crippen molar-refractivity contribution in [1.29, 1.82) is 5.26 Å². The van der Waals surface area contributed by atoms with Crippen LogP contribution in [0, 0.1) is 11.3 Å². The highest BCUT2D eigenvalue weighted by Gasteiger charge is 2.18. The highest BCUT2D eigenvalue weighted by molar-refractivity contribution is 6.34. The number of hydrogen-bond acceptors (Lipinski definition) is 4. The van der Waals surface area contributed by atoms with Gasteiger partial charge in [0.05, 0.1) is 5.56 Å². The molecular weight excluding hydrogens is 284 g/mol. The average molecular weight is 301 g/mol. The first-order valence-corrected chi connectivity index (χ1v) is 7.06. The van der Waals surface area contributed by atoms with E-state index in [9.17, 15) is 0 Å². The molecule has 0 aliphatic carbocycles. The van der Waals surface area contributed by atoms with Crippen LogP contribution in [0.15, 0.2) is 36.5 Å². The maximum atomic E-state index is 9.09. The quantitative estimate of drug-likeness (QED) is 0.876. The summed E-state index contributed by atoms with van der Waals surface area (Å²) < 4.78 is 0. The summed E-state index contributed by atoms with van der Waals surface area (Å²) in [5.74, 6) is 0.619. The molecule has 0 atom stereocenters. The summed E-state index contributed by atoms with van der Waals surface area (Å²) in [7, 11) is 0. The van der Waals surface area contributed by atoms with Gasteiger partial charge in [-0.25, -0.2) is 4.98 Å². The number of nitriles is 1. The molecule has 1 aromatic heterocycles. The smallest absolute Gasteiger partial charge is 0.149 e. The number of nitrogen functional groups attached to an aromatic ring is 1. The third kappa shape index (κ3) is 3.45. The summed E-state index contributed by atoms with van der Waals surface area (Å²) in [5, 5.41) is 9.48. The zero-order valence-electron chi connectivity index (χ0n) is 12.0. The monoisotopic (exact) mass is 300 g/mol. The number of nitrogens with two attached hydrogens (primary N) is 1. The zero-order valence-corrected chi connectivity index (χ0v) is 12.8. The number of nitrogens with zero attached hydrogens (tertiary/aromatic N) is 3. The van der Waals surface area contributed by atoms with E-state index in [1.165, 1.54) is 0 Å². The van der Waals surface area contributed by atoms with Gasteiger partial charge in [0.15, 0.2) is 0 Å². The van der Waals surface area contributed by atoms with Crippen LogP contribution in [0.5, 0.6) is 0 Å². The number of hydrogen-bond donors (Lipinski definition) is 1. The third-order valence-electron chi connectivity index (χ3n) is 3.19. The Balaban J connectivity index is 2.39. The molecule has 2 aromatic rings. The van der Waals surface area contributed by atoms with Crippen LogP contribution in [0.25, 0.3) is 0 Å². The molecule has 5 heteroatoms. The lowest BCUT2D eigenvalue weighted by atomic mass is 10.1. The van der Waals surface area contributed by atoms with E-state index in [1.807, 2.05) is 24.3 Å². The Kier molecular flexibility index (Phi) is 4.66. The summed E-state index contributed by atoms with van der Waals surface area (Å²) in [6.07, 6.45) is 1.61. The van der Waals surface area contributed by atoms with Gasteiger partial charge in [-0.15, -0.1) is 0 Å². The van der Waals surface area contributed by atoms with Crippen LogP contribution in [0.3, 0.4) is 0 Å². The van der Waals surface area contributed by atoms with Gasteiger partial charge in [0.1, 0.15) is 16.9 Å². The minimum Gasteiger partial charge on any atom is -0.399 e. The van der Waals surface area contributed by atoms with Gasteiger partial charge in [0, 0.05) is 24.5 Å². The number of benzene rings is 1. The molecule has 2 rings (SSSR count). The second-order valence-electron chi connectivity index (χ2n) is 5.07. The molecular formula is C16H17ClN4. The summed E-state index contributed by atoms with van der Waals surface area (Å²) in [4.78, 5) is 6.39. The fourth-order valence-corrected chi connectivity index (χ4v) is 2.37. The topological polar surface area (TPSA) is 65.9 Å². The predicted octanol–water partition coefficient (Wildman–Crippen LogP) is 3.60. The Hall–Kier alpha value is -2.25.